The van der Waals surface area contributed by atoms with Crippen molar-refractivity contribution in [1.29, 1.82) is 0 Å². The molecule has 0 N–H and O–H groups in total. The molecule has 1 heterocycles. The lowest BCUT2D eigenvalue weighted by atomic mass is 9.66. The first-order valence-electron chi connectivity index (χ1n) is 7.64. The molecule has 0 aromatic heterocycles. The van der Waals surface area contributed by atoms with Crippen LogP contribution in [0.5, 0.6) is 5.75 Å². The quantitative estimate of drug-likeness (QED) is 0.783. The van der Waals surface area contributed by atoms with Gasteiger partial charge < -0.3 is 9.64 Å². The molecule has 1 aliphatic carbocycles. The Kier molecular flexibility index (Phi) is 4.00. The third kappa shape index (κ3) is 2.15. The molecule has 2 nitrogen and oxygen atoms in total. The number of likely N-dealkylation sites (tertiary alicyclic amines) is 1. The number of hydrogen-bond acceptors (Lipinski definition) is 3. The van der Waals surface area contributed by atoms with E-state index in [1.807, 2.05) is 0 Å². The first-order valence-corrected chi connectivity index (χ1v) is 8.86. The van der Waals surface area contributed by atoms with Crippen molar-refractivity contribution in [2.45, 2.75) is 48.5 Å². The first-order chi connectivity index (χ1) is 9.71. The minimum Gasteiger partial charge on any atom is -0.496 e. The Morgan fingerprint density at radius 2 is 2.15 bits per heavy atom. The molecule has 3 rings (SSSR count). The molecule has 1 aromatic rings. The Bertz CT molecular complexity index is 486. The van der Waals surface area contributed by atoms with Gasteiger partial charge in [0.2, 0.25) is 0 Å². The zero-order chi connectivity index (χ0) is 14.2. The van der Waals surface area contributed by atoms with Gasteiger partial charge in [-0.1, -0.05) is 18.9 Å². The maximum absolute atomic E-state index is 5.48. The average Bonchev–Trinajstić information content (AvgIpc) is 2.85. The first kappa shape index (κ1) is 14.3. The molecule has 0 amide bonds. The summed E-state index contributed by atoms with van der Waals surface area (Å²) in [6, 6.07) is 7.61. The van der Waals surface area contributed by atoms with E-state index in [0.717, 1.165) is 11.8 Å². The van der Waals surface area contributed by atoms with Gasteiger partial charge in [0, 0.05) is 16.4 Å². The largest absolute Gasteiger partial charge is 0.496 e. The third-order valence-corrected chi connectivity index (χ3v) is 6.15. The van der Waals surface area contributed by atoms with Crippen LogP contribution in [-0.4, -0.2) is 37.9 Å². The number of rotatable bonds is 3. The molecule has 3 heteroatoms. The van der Waals surface area contributed by atoms with Gasteiger partial charge in [-0.2, -0.15) is 0 Å². The topological polar surface area (TPSA) is 12.5 Å². The predicted molar refractivity (Wildman–Crippen MR) is 86.0 cm³/mol. The van der Waals surface area contributed by atoms with Crippen LogP contribution in [-0.2, 0) is 5.41 Å². The van der Waals surface area contributed by atoms with Crippen molar-refractivity contribution in [3.8, 4) is 5.75 Å². The zero-order valence-electron chi connectivity index (χ0n) is 12.8. The molecule has 1 aliphatic heterocycles. The SMILES string of the molecule is COc1ccc([C@@]23CCCC[C@@H]2N(C)CC3)cc1SC. The van der Waals surface area contributed by atoms with E-state index >= 15 is 0 Å². The molecule has 0 spiro atoms. The van der Waals surface area contributed by atoms with Gasteiger partial charge in [0.25, 0.3) is 0 Å². The standard InChI is InChI=1S/C17H25NOS/c1-18-11-10-17(9-5-4-6-16(17)18)13-7-8-14(19-2)15(12-13)20-3/h7-8,12,16H,4-6,9-11H2,1-3H3/t16-,17-/m0/s1. The molecule has 110 valence electrons. The van der Waals surface area contributed by atoms with Crippen LogP contribution in [0, 0.1) is 0 Å². The van der Waals surface area contributed by atoms with Gasteiger partial charge in [0.05, 0.1) is 7.11 Å². The van der Waals surface area contributed by atoms with Crippen molar-refractivity contribution in [3.63, 3.8) is 0 Å². The van der Waals surface area contributed by atoms with Crippen LogP contribution in [0.1, 0.15) is 37.7 Å². The minimum atomic E-state index is 0.393. The number of ether oxygens (including phenoxy) is 1. The number of thioether (sulfide) groups is 1. The van der Waals surface area contributed by atoms with Crippen LogP contribution in [0.4, 0.5) is 0 Å². The number of methoxy groups -OCH3 is 1. The summed E-state index contributed by atoms with van der Waals surface area (Å²) < 4.78 is 5.48. The predicted octanol–water partition coefficient (Wildman–Crippen LogP) is 3.93. The highest BCUT2D eigenvalue weighted by Gasteiger charge is 2.48. The third-order valence-electron chi connectivity index (χ3n) is 5.39. The molecule has 0 radical (unpaired) electrons. The van der Waals surface area contributed by atoms with Gasteiger partial charge in [0.1, 0.15) is 5.75 Å². The van der Waals surface area contributed by atoms with Crippen molar-refractivity contribution in [1.82, 2.24) is 4.90 Å². The van der Waals surface area contributed by atoms with E-state index in [0.29, 0.717) is 5.41 Å². The highest BCUT2D eigenvalue weighted by atomic mass is 32.2. The smallest absolute Gasteiger partial charge is 0.132 e. The Morgan fingerprint density at radius 1 is 1.30 bits per heavy atom. The lowest BCUT2D eigenvalue weighted by Gasteiger charge is -2.42. The Balaban J connectivity index is 2.02. The lowest BCUT2D eigenvalue weighted by Crippen LogP contribution is -2.43. The highest BCUT2D eigenvalue weighted by molar-refractivity contribution is 7.98. The average molecular weight is 291 g/mol. The summed E-state index contributed by atoms with van der Waals surface area (Å²) in [6.07, 6.45) is 8.93. The second kappa shape index (κ2) is 5.61. The molecule has 1 saturated heterocycles. The van der Waals surface area contributed by atoms with E-state index in [1.165, 1.54) is 49.1 Å². The summed E-state index contributed by atoms with van der Waals surface area (Å²) in [5.41, 5.74) is 1.93. The molecule has 20 heavy (non-hydrogen) atoms. The van der Waals surface area contributed by atoms with Gasteiger partial charge >= 0.3 is 0 Å². The second-order valence-corrected chi connectivity index (χ2v) is 7.07. The van der Waals surface area contributed by atoms with Gasteiger partial charge in [0.15, 0.2) is 0 Å². The second-order valence-electron chi connectivity index (χ2n) is 6.22. The van der Waals surface area contributed by atoms with E-state index in [-0.39, 0.29) is 0 Å². The fourth-order valence-corrected chi connectivity index (χ4v) is 4.91. The number of fused-ring (bicyclic) bond motifs is 1. The Morgan fingerprint density at radius 3 is 2.90 bits per heavy atom. The fraction of sp³-hybridized carbons (Fsp3) is 0.647. The van der Waals surface area contributed by atoms with Crippen molar-refractivity contribution in [2.75, 3.05) is 27.0 Å². The van der Waals surface area contributed by atoms with Crippen LogP contribution in [0.15, 0.2) is 23.1 Å². The highest BCUT2D eigenvalue weighted by Crippen LogP contribution is 2.49. The molecule has 1 aromatic carbocycles. The monoisotopic (exact) mass is 291 g/mol. The van der Waals surface area contributed by atoms with Crippen LogP contribution in [0.25, 0.3) is 0 Å². The number of nitrogens with zero attached hydrogens (tertiary/aromatic N) is 1. The summed E-state index contributed by atoms with van der Waals surface area (Å²) in [7, 11) is 4.07. The Labute approximate surface area is 126 Å². The van der Waals surface area contributed by atoms with E-state index in [1.54, 1.807) is 18.9 Å². The van der Waals surface area contributed by atoms with Crippen LogP contribution >= 0.6 is 11.8 Å². The Hall–Kier alpha value is -0.670. The zero-order valence-corrected chi connectivity index (χ0v) is 13.6. The molecule has 2 aliphatic rings. The van der Waals surface area contributed by atoms with Gasteiger partial charge in [-0.05, 0) is 56.8 Å². The van der Waals surface area contributed by atoms with Crippen LogP contribution in [0.2, 0.25) is 0 Å². The van der Waals surface area contributed by atoms with E-state index < -0.39 is 0 Å². The van der Waals surface area contributed by atoms with E-state index in [4.69, 9.17) is 4.74 Å². The summed E-state index contributed by atoms with van der Waals surface area (Å²) in [5, 5.41) is 0. The molecular weight excluding hydrogens is 266 g/mol. The van der Waals surface area contributed by atoms with Crippen molar-refractivity contribution < 1.29 is 4.74 Å². The summed E-state index contributed by atoms with van der Waals surface area (Å²) in [4.78, 5) is 3.86. The molecule has 0 bridgehead atoms. The van der Waals surface area contributed by atoms with Crippen LogP contribution in [0.3, 0.4) is 0 Å². The normalized spacial score (nSPS) is 30.2. The maximum Gasteiger partial charge on any atom is 0.132 e. The molecule has 1 saturated carbocycles. The number of hydrogen-bond donors (Lipinski definition) is 0. The molecule has 0 unspecified atom stereocenters. The van der Waals surface area contributed by atoms with Crippen molar-refractivity contribution in [3.05, 3.63) is 23.8 Å². The maximum atomic E-state index is 5.48. The van der Waals surface area contributed by atoms with Crippen LogP contribution < -0.4 is 4.74 Å². The van der Waals surface area contributed by atoms with Gasteiger partial charge in [-0.25, -0.2) is 0 Å². The molecule has 2 atom stereocenters. The number of likely N-dealkylation sites (N-methyl/N-ethyl adjacent to an activating group) is 1. The van der Waals surface area contributed by atoms with Gasteiger partial charge in [-0.15, -0.1) is 11.8 Å². The van der Waals surface area contributed by atoms with E-state index in [2.05, 4.69) is 36.4 Å². The van der Waals surface area contributed by atoms with E-state index in [9.17, 15) is 0 Å². The summed E-state index contributed by atoms with van der Waals surface area (Å²) >= 11 is 1.79. The number of benzene rings is 1. The van der Waals surface area contributed by atoms with Gasteiger partial charge in [-0.3, -0.25) is 0 Å². The fourth-order valence-electron chi connectivity index (χ4n) is 4.31. The molecular formula is C17H25NOS. The van der Waals surface area contributed by atoms with Crippen molar-refractivity contribution in [2.24, 2.45) is 0 Å². The molecule has 2 fully saturated rings. The minimum absolute atomic E-state index is 0.393. The lowest BCUT2D eigenvalue weighted by molar-refractivity contribution is 0.181. The van der Waals surface area contributed by atoms with Crippen molar-refractivity contribution >= 4 is 11.8 Å². The summed E-state index contributed by atoms with van der Waals surface area (Å²) in [5.74, 6) is 1.01. The summed E-state index contributed by atoms with van der Waals surface area (Å²) in [6.45, 7) is 1.24.